The number of ketones is 1. The number of amides is 3. The monoisotopic (exact) mass is 674 g/mol. The van der Waals surface area contributed by atoms with Crippen molar-refractivity contribution >= 4 is 23.5 Å². The summed E-state index contributed by atoms with van der Waals surface area (Å²) in [6.45, 7) is 9.12. The molecule has 3 amide bonds. The lowest BCUT2D eigenvalue weighted by atomic mass is 9.94. The van der Waals surface area contributed by atoms with E-state index in [0.717, 1.165) is 24.2 Å². The zero-order chi connectivity index (χ0) is 34.8. The van der Waals surface area contributed by atoms with Crippen LogP contribution < -0.4 is 16.0 Å². The highest BCUT2D eigenvalue weighted by Crippen LogP contribution is 2.29. The number of carbonyl (C=O) groups is 4. The maximum absolute atomic E-state index is 13.9. The van der Waals surface area contributed by atoms with Crippen LogP contribution in [0.15, 0.2) is 65.4 Å². The lowest BCUT2D eigenvalue weighted by Gasteiger charge is -2.27. The first kappa shape index (κ1) is 35.8. The van der Waals surface area contributed by atoms with Crippen LogP contribution in [0.3, 0.4) is 0 Å². The van der Waals surface area contributed by atoms with E-state index >= 15 is 0 Å². The molecule has 1 aromatic carbocycles. The van der Waals surface area contributed by atoms with Gasteiger partial charge in [-0.05, 0) is 61.8 Å². The van der Waals surface area contributed by atoms with E-state index in [1.807, 2.05) is 44.2 Å². The number of nitrogens with one attached hydrogen (secondary N) is 3. The fourth-order valence-corrected chi connectivity index (χ4v) is 5.76. The van der Waals surface area contributed by atoms with Crippen LogP contribution in [0.2, 0.25) is 0 Å². The number of rotatable bonds is 17. The van der Waals surface area contributed by atoms with Gasteiger partial charge in [-0.25, -0.2) is 0 Å². The molecule has 2 aliphatic heterocycles. The zero-order valence-electron chi connectivity index (χ0n) is 28.4. The summed E-state index contributed by atoms with van der Waals surface area (Å²) in [6, 6.07) is 12.0. The van der Waals surface area contributed by atoms with E-state index in [2.05, 4.69) is 31.0 Å². The number of hydrogen-bond donors (Lipinski definition) is 3. The summed E-state index contributed by atoms with van der Waals surface area (Å²) in [4.78, 5) is 60.7. The number of epoxide rings is 1. The van der Waals surface area contributed by atoms with Crippen molar-refractivity contribution in [1.82, 2.24) is 31.0 Å². The molecule has 2 aliphatic rings. The van der Waals surface area contributed by atoms with E-state index in [-0.39, 0.29) is 36.8 Å². The van der Waals surface area contributed by atoms with Crippen LogP contribution >= 0.6 is 0 Å². The molecule has 0 saturated carbocycles. The van der Waals surface area contributed by atoms with Crippen molar-refractivity contribution in [2.75, 3.05) is 32.9 Å². The average molecular weight is 675 g/mol. The summed E-state index contributed by atoms with van der Waals surface area (Å²) in [5.41, 5.74) is 0.920. The Morgan fingerprint density at radius 1 is 0.898 bits per heavy atom. The van der Waals surface area contributed by atoms with Crippen molar-refractivity contribution in [3.05, 3.63) is 83.5 Å². The van der Waals surface area contributed by atoms with Crippen LogP contribution in [0.25, 0.3) is 0 Å². The van der Waals surface area contributed by atoms with Crippen molar-refractivity contribution in [3.63, 3.8) is 0 Å². The number of morpholine rings is 1. The van der Waals surface area contributed by atoms with Gasteiger partial charge in [-0.1, -0.05) is 49.3 Å². The molecule has 0 aliphatic carbocycles. The number of pyridine rings is 1. The normalized spacial score (nSPS) is 19.4. The number of aromatic nitrogens is 2. The zero-order valence-corrected chi connectivity index (χ0v) is 28.4. The van der Waals surface area contributed by atoms with Crippen LogP contribution in [-0.4, -0.2) is 95.2 Å². The third-order valence-electron chi connectivity index (χ3n) is 8.72. The number of nitrogens with zero attached hydrogens (tertiary/aromatic N) is 3. The number of hydrogen-bond acceptors (Lipinski definition) is 10. The second kappa shape index (κ2) is 16.8. The maximum Gasteiger partial charge on any atom is 0.274 e. The van der Waals surface area contributed by atoms with Crippen molar-refractivity contribution < 1.29 is 33.2 Å². The largest absolute Gasteiger partial charge is 0.379 e. The summed E-state index contributed by atoms with van der Waals surface area (Å²) in [6.07, 6.45) is 4.59. The van der Waals surface area contributed by atoms with Crippen molar-refractivity contribution in [3.8, 4) is 0 Å². The van der Waals surface area contributed by atoms with Gasteiger partial charge in [0.15, 0.2) is 17.2 Å². The summed E-state index contributed by atoms with van der Waals surface area (Å²) in [5, 5.41) is 12.6. The van der Waals surface area contributed by atoms with Gasteiger partial charge in [-0.2, -0.15) is 0 Å². The highest BCUT2D eigenvalue weighted by atomic mass is 16.6. The Labute approximate surface area is 286 Å². The van der Waals surface area contributed by atoms with Crippen LogP contribution in [0.1, 0.15) is 61.0 Å². The minimum absolute atomic E-state index is 0.0343. The molecule has 13 heteroatoms. The lowest BCUT2D eigenvalue weighted by molar-refractivity contribution is -0.133. The molecule has 0 radical (unpaired) electrons. The Morgan fingerprint density at radius 3 is 2.24 bits per heavy atom. The highest BCUT2D eigenvalue weighted by Gasteiger charge is 2.50. The first-order valence-electron chi connectivity index (χ1n) is 16.9. The van der Waals surface area contributed by atoms with E-state index < -0.39 is 41.4 Å². The number of carbonyl (C=O) groups excluding carboxylic acids is 4. The van der Waals surface area contributed by atoms with Gasteiger partial charge in [-0.3, -0.25) is 29.1 Å². The Balaban J connectivity index is 1.29. The van der Waals surface area contributed by atoms with Crippen molar-refractivity contribution in [2.24, 2.45) is 5.92 Å². The topological polar surface area (TPSA) is 168 Å². The first-order chi connectivity index (χ1) is 23.6. The molecule has 49 heavy (non-hydrogen) atoms. The Bertz CT molecular complexity index is 1550. The lowest BCUT2D eigenvalue weighted by Crippen LogP contribution is -2.57. The molecule has 5 rings (SSSR count). The SMILES string of the molecule is CC(C)C[C@H](NC(=O)[C@H](CCc1ccccc1)NC(=O)c1cc(CN2CCOCC2)on1)C(=O)NC(Cc1ccncc1)C(=O)[C@@]1(C)CO1. The molecule has 2 aromatic heterocycles. The molecule has 4 heterocycles. The van der Waals surface area contributed by atoms with Crippen LogP contribution in [0, 0.1) is 5.92 Å². The molecular formula is C36H46N6O7. The molecule has 13 nitrogen and oxygen atoms in total. The third-order valence-corrected chi connectivity index (χ3v) is 8.72. The van der Waals surface area contributed by atoms with Crippen LogP contribution in [0.5, 0.6) is 0 Å². The molecule has 3 aromatic rings. The van der Waals surface area contributed by atoms with Gasteiger partial charge >= 0.3 is 0 Å². The Morgan fingerprint density at radius 2 is 1.57 bits per heavy atom. The molecule has 0 bridgehead atoms. The molecule has 1 unspecified atom stereocenters. The fraction of sp³-hybridized carbons (Fsp3) is 0.500. The minimum atomic E-state index is -0.984. The number of benzene rings is 1. The molecule has 2 saturated heterocycles. The Kier molecular flexibility index (Phi) is 12.3. The van der Waals surface area contributed by atoms with E-state index in [4.69, 9.17) is 14.0 Å². The fourth-order valence-electron chi connectivity index (χ4n) is 5.76. The van der Waals surface area contributed by atoms with Crippen molar-refractivity contribution in [1.29, 1.82) is 0 Å². The van der Waals surface area contributed by atoms with Gasteiger partial charge in [0.05, 0.1) is 32.4 Å². The maximum atomic E-state index is 13.9. The molecule has 4 atom stereocenters. The second-order valence-corrected chi connectivity index (χ2v) is 13.3. The van der Waals surface area contributed by atoms with Gasteiger partial charge in [-0.15, -0.1) is 0 Å². The van der Waals surface area contributed by atoms with Crippen LogP contribution in [0.4, 0.5) is 0 Å². The highest BCUT2D eigenvalue weighted by molar-refractivity contribution is 5.99. The van der Waals surface area contributed by atoms with Crippen LogP contribution in [-0.2, 0) is 43.2 Å². The summed E-state index contributed by atoms with van der Waals surface area (Å²) in [7, 11) is 0. The van der Waals surface area contributed by atoms with Gasteiger partial charge in [0, 0.05) is 31.5 Å². The third kappa shape index (κ3) is 10.5. The minimum Gasteiger partial charge on any atom is -0.379 e. The summed E-state index contributed by atoms with van der Waals surface area (Å²) in [5.74, 6) is -1.23. The Hall–Kier alpha value is -4.46. The second-order valence-electron chi connectivity index (χ2n) is 13.3. The van der Waals surface area contributed by atoms with E-state index in [0.29, 0.717) is 38.4 Å². The summed E-state index contributed by atoms with van der Waals surface area (Å²) < 4.78 is 16.3. The predicted molar refractivity (Wildman–Crippen MR) is 179 cm³/mol. The van der Waals surface area contributed by atoms with Gasteiger partial charge in [0.1, 0.15) is 17.7 Å². The predicted octanol–water partition coefficient (Wildman–Crippen LogP) is 2.25. The van der Waals surface area contributed by atoms with Gasteiger partial charge in [0.25, 0.3) is 5.91 Å². The smallest absolute Gasteiger partial charge is 0.274 e. The molecule has 0 spiro atoms. The van der Waals surface area contributed by atoms with Crippen molar-refractivity contribution in [2.45, 2.75) is 76.7 Å². The number of aryl methyl sites for hydroxylation is 1. The molecule has 3 N–H and O–H groups in total. The first-order valence-corrected chi connectivity index (χ1v) is 16.9. The molecule has 2 fully saturated rings. The number of ether oxygens (including phenoxy) is 2. The van der Waals surface area contributed by atoms with Gasteiger partial charge in [0.2, 0.25) is 11.8 Å². The van der Waals surface area contributed by atoms with E-state index in [9.17, 15) is 19.2 Å². The quantitative estimate of drug-likeness (QED) is 0.181. The summed E-state index contributed by atoms with van der Waals surface area (Å²) >= 11 is 0. The molecule has 262 valence electrons. The van der Waals surface area contributed by atoms with E-state index in [1.165, 1.54) is 0 Å². The van der Waals surface area contributed by atoms with Gasteiger partial charge < -0.3 is 29.9 Å². The average Bonchev–Trinajstić information content (AvgIpc) is 3.68. The molecular weight excluding hydrogens is 628 g/mol. The standard InChI is InChI=1S/C36H46N6O7/c1-24(2)19-30(34(45)39-29(32(43)36(3)23-48-36)20-26-11-13-37-14-12-26)40-33(44)28(10-9-25-7-5-4-6-8-25)38-35(46)31-21-27(49-41-31)22-42-15-17-47-18-16-42/h4-8,11-14,21,24,28-30H,9-10,15-20,22-23H2,1-3H3,(H,38,46)(H,39,45)(H,40,44)/t28-,29?,30-,36+/m0/s1. The van der Waals surface area contributed by atoms with E-state index in [1.54, 1.807) is 37.5 Å². The number of Topliss-reactive ketones (excluding diaryl/α,β-unsaturated/α-hetero) is 1.